The molecule has 94 valence electrons. The third-order valence-electron chi connectivity index (χ3n) is 3.18. The minimum atomic E-state index is -1.08. The molecule has 0 aromatic carbocycles. The summed E-state index contributed by atoms with van der Waals surface area (Å²) < 4.78 is 4.88. The number of aromatic nitrogens is 1. The number of carboxylic acids is 1. The van der Waals surface area contributed by atoms with Gasteiger partial charge in [0, 0.05) is 19.2 Å². The molecule has 2 rings (SSSR count). The standard InChI is InChI=1S/C11H16N2O4/c14-4-3-11(1-2-11)7-12-6-8-5-9(10(15)16)13-17-8/h5,12,14H,1-4,6-7H2,(H,15,16). The van der Waals surface area contributed by atoms with Crippen molar-refractivity contribution in [3.8, 4) is 0 Å². The molecule has 0 radical (unpaired) electrons. The summed E-state index contributed by atoms with van der Waals surface area (Å²) >= 11 is 0. The van der Waals surface area contributed by atoms with Crippen molar-refractivity contribution in [2.24, 2.45) is 5.41 Å². The predicted molar refractivity (Wildman–Crippen MR) is 58.5 cm³/mol. The molecule has 0 atom stereocenters. The van der Waals surface area contributed by atoms with E-state index in [9.17, 15) is 4.79 Å². The lowest BCUT2D eigenvalue weighted by atomic mass is 10.0. The Bertz CT molecular complexity index is 398. The summed E-state index contributed by atoms with van der Waals surface area (Å²) in [5, 5.41) is 24.2. The van der Waals surface area contributed by atoms with Crippen molar-refractivity contribution < 1.29 is 19.5 Å². The summed E-state index contributed by atoms with van der Waals surface area (Å²) in [4.78, 5) is 10.6. The van der Waals surface area contributed by atoms with Gasteiger partial charge in [-0.25, -0.2) is 4.79 Å². The summed E-state index contributed by atoms with van der Waals surface area (Å²) in [5.74, 6) is -0.568. The minimum Gasteiger partial charge on any atom is -0.476 e. The first kappa shape index (κ1) is 12.1. The molecular weight excluding hydrogens is 224 g/mol. The van der Waals surface area contributed by atoms with Gasteiger partial charge in [-0.05, 0) is 24.7 Å². The van der Waals surface area contributed by atoms with Gasteiger partial charge in [0.05, 0.1) is 6.54 Å². The highest BCUT2D eigenvalue weighted by Gasteiger charge is 2.41. The Morgan fingerprint density at radius 3 is 2.88 bits per heavy atom. The van der Waals surface area contributed by atoms with Crippen LogP contribution >= 0.6 is 0 Å². The number of nitrogens with zero attached hydrogens (tertiary/aromatic N) is 1. The summed E-state index contributed by atoms with van der Waals surface area (Å²) in [6.45, 7) is 1.50. The zero-order valence-electron chi connectivity index (χ0n) is 9.48. The van der Waals surface area contributed by atoms with Crippen LogP contribution in [0.4, 0.5) is 0 Å². The van der Waals surface area contributed by atoms with E-state index in [1.54, 1.807) is 0 Å². The number of carboxylic acid groups (broad SMARTS) is 1. The monoisotopic (exact) mass is 240 g/mol. The fourth-order valence-electron chi connectivity index (χ4n) is 1.88. The maximum absolute atomic E-state index is 10.6. The van der Waals surface area contributed by atoms with Gasteiger partial charge in [0.15, 0.2) is 11.5 Å². The summed E-state index contributed by atoms with van der Waals surface area (Å²) in [5.41, 5.74) is 0.169. The van der Waals surface area contributed by atoms with Gasteiger partial charge in [0.25, 0.3) is 0 Å². The molecule has 0 amide bonds. The summed E-state index contributed by atoms with van der Waals surface area (Å²) in [7, 11) is 0. The molecule has 6 nitrogen and oxygen atoms in total. The van der Waals surface area contributed by atoms with E-state index in [2.05, 4.69) is 10.5 Å². The molecule has 17 heavy (non-hydrogen) atoms. The van der Waals surface area contributed by atoms with Crippen molar-refractivity contribution in [2.45, 2.75) is 25.8 Å². The third kappa shape index (κ3) is 3.04. The Balaban J connectivity index is 1.76. The highest BCUT2D eigenvalue weighted by molar-refractivity contribution is 5.85. The van der Waals surface area contributed by atoms with Crippen LogP contribution in [0.5, 0.6) is 0 Å². The zero-order valence-corrected chi connectivity index (χ0v) is 9.48. The van der Waals surface area contributed by atoms with Gasteiger partial charge >= 0.3 is 5.97 Å². The molecule has 0 spiro atoms. The van der Waals surface area contributed by atoms with E-state index in [0.29, 0.717) is 12.3 Å². The van der Waals surface area contributed by atoms with Crippen molar-refractivity contribution in [3.05, 3.63) is 17.5 Å². The molecule has 0 bridgehead atoms. The zero-order chi connectivity index (χ0) is 12.3. The fourth-order valence-corrected chi connectivity index (χ4v) is 1.88. The molecule has 0 unspecified atom stereocenters. The first-order valence-corrected chi connectivity index (χ1v) is 5.66. The van der Waals surface area contributed by atoms with Gasteiger partial charge in [-0.15, -0.1) is 0 Å². The van der Waals surface area contributed by atoms with E-state index in [1.165, 1.54) is 6.07 Å². The molecule has 1 aromatic heterocycles. The molecule has 1 heterocycles. The number of nitrogens with one attached hydrogen (secondary N) is 1. The van der Waals surface area contributed by atoms with Gasteiger partial charge in [0.2, 0.25) is 0 Å². The van der Waals surface area contributed by atoms with Crippen LogP contribution in [0, 0.1) is 5.41 Å². The van der Waals surface area contributed by atoms with Crippen molar-refractivity contribution in [2.75, 3.05) is 13.2 Å². The topological polar surface area (TPSA) is 95.6 Å². The molecular formula is C11H16N2O4. The largest absolute Gasteiger partial charge is 0.476 e. The van der Waals surface area contributed by atoms with E-state index in [0.717, 1.165) is 25.8 Å². The van der Waals surface area contributed by atoms with Crippen molar-refractivity contribution in [3.63, 3.8) is 0 Å². The van der Waals surface area contributed by atoms with Crippen LogP contribution in [0.3, 0.4) is 0 Å². The maximum atomic E-state index is 10.6. The molecule has 1 fully saturated rings. The lowest BCUT2D eigenvalue weighted by Crippen LogP contribution is -2.24. The molecule has 0 saturated heterocycles. The Hall–Kier alpha value is -1.40. The van der Waals surface area contributed by atoms with Gasteiger partial charge in [0.1, 0.15) is 0 Å². The van der Waals surface area contributed by atoms with Gasteiger partial charge < -0.3 is 20.1 Å². The molecule has 1 aliphatic rings. The third-order valence-corrected chi connectivity index (χ3v) is 3.18. The highest BCUT2D eigenvalue weighted by Crippen LogP contribution is 2.47. The molecule has 1 aliphatic carbocycles. The van der Waals surface area contributed by atoms with E-state index < -0.39 is 5.97 Å². The van der Waals surface area contributed by atoms with Crippen LogP contribution in [0.2, 0.25) is 0 Å². The van der Waals surface area contributed by atoms with E-state index in [4.69, 9.17) is 14.7 Å². The number of aromatic carboxylic acids is 1. The highest BCUT2D eigenvalue weighted by atomic mass is 16.5. The molecule has 1 aromatic rings. The Morgan fingerprint density at radius 1 is 1.59 bits per heavy atom. The van der Waals surface area contributed by atoms with Crippen LogP contribution in [0.15, 0.2) is 10.6 Å². The molecule has 3 N–H and O–H groups in total. The number of hydrogen-bond donors (Lipinski definition) is 3. The second-order valence-corrected chi connectivity index (χ2v) is 4.56. The fraction of sp³-hybridized carbons (Fsp3) is 0.636. The van der Waals surface area contributed by atoms with Crippen LogP contribution in [0.25, 0.3) is 0 Å². The first-order chi connectivity index (χ1) is 8.15. The van der Waals surface area contributed by atoms with Crippen molar-refractivity contribution in [1.82, 2.24) is 10.5 Å². The minimum absolute atomic E-state index is 0.0710. The number of rotatable bonds is 7. The Morgan fingerprint density at radius 2 is 2.35 bits per heavy atom. The second kappa shape index (κ2) is 4.85. The van der Waals surface area contributed by atoms with Crippen LogP contribution in [-0.4, -0.2) is 34.5 Å². The summed E-state index contributed by atoms with van der Waals surface area (Å²) in [6.07, 6.45) is 3.09. The summed E-state index contributed by atoms with van der Waals surface area (Å²) in [6, 6.07) is 1.42. The van der Waals surface area contributed by atoms with Crippen LogP contribution < -0.4 is 5.32 Å². The molecule has 0 aliphatic heterocycles. The van der Waals surface area contributed by atoms with Crippen LogP contribution in [-0.2, 0) is 6.54 Å². The number of carbonyl (C=O) groups is 1. The average molecular weight is 240 g/mol. The second-order valence-electron chi connectivity index (χ2n) is 4.56. The van der Waals surface area contributed by atoms with Crippen molar-refractivity contribution in [1.29, 1.82) is 0 Å². The Labute approximate surface area is 98.6 Å². The van der Waals surface area contributed by atoms with E-state index >= 15 is 0 Å². The Kier molecular flexibility index (Phi) is 3.44. The van der Waals surface area contributed by atoms with Gasteiger partial charge in [-0.2, -0.15) is 0 Å². The van der Waals surface area contributed by atoms with Gasteiger partial charge in [-0.1, -0.05) is 5.16 Å². The first-order valence-electron chi connectivity index (χ1n) is 5.66. The predicted octanol–water partition coefficient (Wildman–Crippen LogP) is 0.625. The van der Waals surface area contributed by atoms with E-state index in [1.807, 2.05) is 0 Å². The van der Waals surface area contributed by atoms with Crippen molar-refractivity contribution >= 4 is 5.97 Å². The molecule has 1 saturated carbocycles. The quantitative estimate of drug-likeness (QED) is 0.646. The SMILES string of the molecule is O=C(O)c1cc(CNCC2(CCO)CC2)on1. The lowest BCUT2D eigenvalue weighted by Gasteiger charge is -2.13. The van der Waals surface area contributed by atoms with E-state index in [-0.39, 0.29) is 17.7 Å². The maximum Gasteiger partial charge on any atom is 0.358 e. The smallest absolute Gasteiger partial charge is 0.358 e. The normalized spacial score (nSPS) is 17.0. The number of aliphatic hydroxyl groups excluding tert-OH is 1. The lowest BCUT2D eigenvalue weighted by molar-refractivity contribution is 0.0685. The van der Waals surface area contributed by atoms with Gasteiger partial charge in [-0.3, -0.25) is 0 Å². The van der Waals surface area contributed by atoms with Crippen LogP contribution in [0.1, 0.15) is 35.5 Å². The number of hydrogen-bond acceptors (Lipinski definition) is 5. The average Bonchev–Trinajstić information content (AvgIpc) is 2.88. The number of aliphatic hydroxyl groups is 1. The molecule has 6 heteroatoms.